The molecular formula is C10H8ClF3O. The van der Waals surface area contributed by atoms with Gasteiger partial charge in [0, 0.05) is 5.02 Å². The van der Waals surface area contributed by atoms with Gasteiger partial charge in [-0.25, -0.2) is 0 Å². The molecule has 5 heteroatoms. The lowest BCUT2D eigenvalue weighted by atomic mass is 10.2. The van der Waals surface area contributed by atoms with E-state index in [2.05, 4.69) is 11.3 Å². The number of hydrogen-bond acceptors (Lipinski definition) is 1. The maximum Gasteiger partial charge on any atom is 0.422 e. The zero-order valence-corrected chi connectivity index (χ0v) is 8.40. The molecule has 0 unspecified atom stereocenters. The fourth-order valence-electron chi connectivity index (χ4n) is 0.951. The van der Waals surface area contributed by atoms with Gasteiger partial charge in [-0.2, -0.15) is 13.2 Å². The van der Waals surface area contributed by atoms with Crippen molar-refractivity contribution in [2.45, 2.75) is 6.18 Å². The van der Waals surface area contributed by atoms with E-state index in [1.54, 1.807) is 6.07 Å². The Morgan fingerprint density at radius 1 is 1.33 bits per heavy atom. The van der Waals surface area contributed by atoms with Gasteiger partial charge in [0.05, 0.1) is 0 Å². The number of ether oxygens (including phenoxy) is 1. The average Bonchev–Trinajstić information content (AvgIpc) is 2.13. The van der Waals surface area contributed by atoms with Gasteiger partial charge in [-0.1, -0.05) is 24.3 Å². The van der Waals surface area contributed by atoms with Gasteiger partial charge >= 0.3 is 6.18 Å². The molecule has 0 aliphatic carbocycles. The lowest BCUT2D eigenvalue weighted by molar-refractivity contribution is -0.153. The van der Waals surface area contributed by atoms with Crippen LogP contribution in [0.4, 0.5) is 13.2 Å². The largest absolute Gasteiger partial charge is 0.484 e. The summed E-state index contributed by atoms with van der Waals surface area (Å²) >= 11 is 5.67. The van der Waals surface area contributed by atoms with E-state index in [1.807, 2.05) is 0 Å². The van der Waals surface area contributed by atoms with Crippen LogP contribution in [0.5, 0.6) is 5.75 Å². The number of benzene rings is 1. The summed E-state index contributed by atoms with van der Waals surface area (Å²) < 4.78 is 40.1. The van der Waals surface area contributed by atoms with Crippen LogP contribution in [0.15, 0.2) is 24.8 Å². The van der Waals surface area contributed by atoms with Crippen molar-refractivity contribution in [1.82, 2.24) is 0 Å². The zero-order chi connectivity index (χ0) is 11.5. The van der Waals surface area contributed by atoms with Crippen LogP contribution in [-0.4, -0.2) is 12.8 Å². The molecule has 82 valence electrons. The van der Waals surface area contributed by atoms with Crippen molar-refractivity contribution in [2.75, 3.05) is 6.61 Å². The zero-order valence-electron chi connectivity index (χ0n) is 7.64. The van der Waals surface area contributed by atoms with Gasteiger partial charge in [0.1, 0.15) is 5.75 Å². The van der Waals surface area contributed by atoms with E-state index >= 15 is 0 Å². The van der Waals surface area contributed by atoms with Crippen LogP contribution in [-0.2, 0) is 0 Å². The third-order valence-electron chi connectivity index (χ3n) is 1.53. The Morgan fingerprint density at radius 2 is 2.00 bits per heavy atom. The highest BCUT2D eigenvalue weighted by Crippen LogP contribution is 2.24. The molecule has 0 spiro atoms. The summed E-state index contributed by atoms with van der Waals surface area (Å²) in [4.78, 5) is 0. The molecule has 0 atom stereocenters. The highest BCUT2D eigenvalue weighted by Gasteiger charge is 2.28. The van der Waals surface area contributed by atoms with Crippen molar-refractivity contribution in [3.8, 4) is 5.75 Å². The first kappa shape index (κ1) is 11.9. The van der Waals surface area contributed by atoms with Crippen molar-refractivity contribution in [3.05, 3.63) is 35.4 Å². The van der Waals surface area contributed by atoms with E-state index in [1.165, 1.54) is 18.2 Å². The Labute approximate surface area is 90.1 Å². The number of rotatable bonds is 3. The summed E-state index contributed by atoms with van der Waals surface area (Å²) in [5.41, 5.74) is 0.611. The third kappa shape index (κ3) is 4.25. The number of hydrogen-bond donors (Lipinski definition) is 0. The van der Waals surface area contributed by atoms with Crippen LogP contribution in [0, 0.1) is 0 Å². The van der Waals surface area contributed by atoms with Crippen LogP contribution in [0.3, 0.4) is 0 Å². The minimum atomic E-state index is -4.35. The summed E-state index contributed by atoms with van der Waals surface area (Å²) in [6.45, 7) is 2.16. The first-order valence-corrected chi connectivity index (χ1v) is 4.41. The summed E-state index contributed by atoms with van der Waals surface area (Å²) in [5.74, 6) is 0.0784. The summed E-state index contributed by atoms with van der Waals surface area (Å²) in [7, 11) is 0. The molecule has 1 aromatic carbocycles. The van der Waals surface area contributed by atoms with Crippen LogP contribution in [0.2, 0.25) is 5.02 Å². The summed E-state index contributed by atoms with van der Waals surface area (Å²) in [6, 6.07) is 4.33. The molecule has 1 rings (SSSR count). The van der Waals surface area contributed by atoms with Gasteiger partial charge in [-0.05, 0) is 23.8 Å². The van der Waals surface area contributed by atoms with Crippen molar-refractivity contribution in [1.29, 1.82) is 0 Å². The molecule has 0 heterocycles. The minimum absolute atomic E-state index is 0.0784. The van der Waals surface area contributed by atoms with Crippen LogP contribution in [0.25, 0.3) is 6.08 Å². The molecule has 0 N–H and O–H groups in total. The van der Waals surface area contributed by atoms with E-state index in [-0.39, 0.29) is 5.75 Å². The normalized spacial score (nSPS) is 11.2. The monoisotopic (exact) mass is 236 g/mol. The number of halogens is 4. The molecule has 0 aromatic heterocycles. The fraction of sp³-hybridized carbons (Fsp3) is 0.200. The van der Waals surface area contributed by atoms with Crippen LogP contribution in [0.1, 0.15) is 5.56 Å². The van der Waals surface area contributed by atoms with Gasteiger partial charge < -0.3 is 4.74 Å². The van der Waals surface area contributed by atoms with Crippen molar-refractivity contribution in [2.24, 2.45) is 0 Å². The summed E-state index contributed by atoms with van der Waals surface area (Å²) in [5, 5.41) is 0.310. The minimum Gasteiger partial charge on any atom is -0.484 e. The maximum absolute atomic E-state index is 11.8. The molecule has 1 aromatic rings. The molecule has 0 radical (unpaired) electrons. The Balaban J connectivity index is 2.77. The van der Waals surface area contributed by atoms with Gasteiger partial charge in [-0.15, -0.1) is 0 Å². The van der Waals surface area contributed by atoms with E-state index in [0.29, 0.717) is 10.6 Å². The summed E-state index contributed by atoms with van der Waals surface area (Å²) in [6.07, 6.45) is -2.87. The Morgan fingerprint density at radius 3 is 2.53 bits per heavy atom. The first-order chi connectivity index (χ1) is 6.90. The first-order valence-electron chi connectivity index (χ1n) is 4.03. The second-order valence-corrected chi connectivity index (χ2v) is 3.26. The quantitative estimate of drug-likeness (QED) is 0.773. The molecule has 0 saturated heterocycles. The molecule has 1 nitrogen and oxygen atoms in total. The number of alkyl halides is 3. The van der Waals surface area contributed by atoms with Crippen molar-refractivity contribution < 1.29 is 17.9 Å². The van der Waals surface area contributed by atoms with Gasteiger partial charge in [0.15, 0.2) is 6.61 Å². The Bertz CT molecular complexity index is 360. The second kappa shape index (κ2) is 4.57. The Kier molecular flexibility index (Phi) is 3.63. The molecule has 0 aliphatic rings. The van der Waals surface area contributed by atoms with Crippen LogP contribution >= 0.6 is 11.6 Å². The fourth-order valence-corrected chi connectivity index (χ4v) is 1.18. The van der Waals surface area contributed by atoms with Gasteiger partial charge in [0.25, 0.3) is 0 Å². The third-order valence-corrected chi connectivity index (χ3v) is 1.75. The smallest absolute Gasteiger partial charge is 0.422 e. The topological polar surface area (TPSA) is 9.23 Å². The average molecular weight is 237 g/mol. The SMILES string of the molecule is C=Cc1cc(Cl)cc(OCC(F)(F)F)c1. The molecule has 0 fully saturated rings. The lowest BCUT2D eigenvalue weighted by Gasteiger charge is -2.09. The van der Waals surface area contributed by atoms with E-state index in [0.717, 1.165) is 0 Å². The Hall–Kier alpha value is -1.16. The molecule has 0 saturated carbocycles. The van der Waals surface area contributed by atoms with E-state index in [4.69, 9.17) is 11.6 Å². The van der Waals surface area contributed by atoms with Gasteiger partial charge in [0.2, 0.25) is 0 Å². The second-order valence-electron chi connectivity index (χ2n) is 2.83. The van der Waals surface area contributed by atoms with Crippen molar-refractivity contribution >= 4 is 17.7 Å². The van der Waals surface area contributed by atoms with Crippen molar-refractivity contribution in [3.63, 3.8) is 0 Å². The predicted molar refractivity (Wildman–Crippen MR) is 53.1 cm³/mol. The standard InChI is InChI=1S/C10H8ClF3O/c1-2-7-3-8(11)5-9(4-7)15-6-10(12,13)14/h2-5H,1,6H2. The molecular weight excluding hydrogens is 229 g/mol. The highest BCUT2D eigenvalue weighted by atomic mass is 35.5. The maximum atomic E-state index is 11.8. The van der Waals surface area contributed by atoms with E-state index in [9.17, 15) is 13.2 Å². The highest BCUT2D eigenvalue weighted by molar-refractivity contribution is 6.30. The van der Waals surface area contributed by atoms with E-state index < -0.39 is 12.8 Å². The molecule has 0 amide bonds. The predicted octanol–water partition coefficient (Wildman–Crippen LogP) is 3.92. The lowest BCUT2D eigenvalue weighted by Crippen LogP contribution is -2.19. The molecule has 0 bridgehead atoms. The van der Waals surface area contributed by atoms with Gasteiger partial charge in [-0.3, -0.25) is 0 Å². The molecule has 15 heavy (non-hydrogen) atoms. The molecule has 0 aliphatic heterocycles. The van der Waals surface area contributed by atoms with Crippen LogP contribution < -0.4 is 4.74 Å².